The Morgan fingerprint density at radius 2 is 2.27 bits per heavy atom. The average Bonchev–Trinajstić information content (AvgIpc) is 2.37. The van der Waals surface area contributed by atoms with Crippen molar-refractivity contribution in [3.05, 3.63) is 8.84 Å². The zero-order valence-corrected chi connectivity index (χ0v) is 9.48. The summed E-state index contributed by atoms with van der Waals surface area (Å²) in [5, 5.41) is 1.18. The van der Waals surface area contributed by atoms with E-state index in [0.717, 1.165) is 10.3 Å². The maximum atomic E-state index is 4.28. The van der Waals surface area contributed by atoms with E-state index in [1.54, 1.807) is 0 Å². The smallest absolute Gasteiger partial charge is 0.203 e. The maximum absolute atomic E-state index is 4.28. The zero-order valence-electron chi connectivity index (χ0n) is 6.51. The second kappa shape index (κ2) is 5.03. The van der Waals surface area contributed by atoms with Crippen LogP contribution in [0.25, 0.3) is 0 Å². The highest BCUT2D eigenvalue weighted by Crippen LogP contribution is 2.10. The second-order valence-electron chi connectivity index (χ2n) is 2.41. The van der Waals surface area contributed by atoms with Crippen LogP contribution in [0.1, 0.15) is 31.2 Å². The summed E-state index contributed by atoms with van der Waals surface area (Å²) >= 11 is 3.68. The lowest BCUT2D eigenvalue weighted by Crippen LogP contribution is -1.83. The van der Waals surface area contributed by atoms with Gasteiger partial charge in [-0.15, -0.1) is 0 Å². The molecule has 1 heterocycles. The molecule has 0 aromatic carbocycles. The van der Waals surface area contributed by atoms with Gasteiger partial charge in [-0.05, 0) is 18.0 Å². The standard InChI is InChI=1S/C7H11IN2S/c1-2-3-4-5-6-9-7(8)10-11-6/h2-5H2,1H3. The number of hydrogen-bond donors (Lipinski definition) is 0. The molecule has 0 radical (unpaired) electrons. The Labute approximate surface area is 84.7 Å². The van der Waals surface area contributed by atoms with Crippen molar-refractivity contribution < 1.29 is 0 Å². The molecular weight excluding hydrogens is 271 g/mol. The second-order valence-corrected chi connectivity index (χ2v) is 4.22. The number of aromatic nitrogens is 2. The molecule has 0 bridgehead atoms. The third-order valence-corrected chi connectivity index (χ3v) is 3.02. The summed E-state index contributed by atoms with van der Waals surface area (Å²) in [6.45, 7) is 2.21. The molecule has 0 saturated carbocycles. The van der Waals surface area contributed by atoms with Crippen LogP contribution in [-0.2, 0) is 6.42 Å². The molecule has 0 aliphatic heterocycles. The third kappa shape index (κ3) is 3.46. The Morgan fingerprint density at radius 1 is 1.45 bits per heavy atom. The number of unbranched alkanes of at least 4 members (excludes halogenated alkanes) is 2. The zero-order chi connectivity index (χ0) is 8.10. The van der Waals surface area contributed by atoms with E-state index in [2.05, 4.69) is 38.9 Å². The molecule has 0 fully saturated rings. The number of nitrogens with zero attached hydrogens (tertiary/aromatic N) is 2. The van der Waals surface area contributed by atoms with Gasteiger partial charge in [0.2, 0.25) is 3.83 Å². The summed E-state index contributed by atoms with van der Waals surface area (Å²) < 4.78 is 5.00. The van der Waals surface area contributed by atoms with E-state index >= 15 is 0 Å². The van der Waals surface area contributed by atoms with Gasteiger partial charge in [0.15, 0.2) is 0 Å². The lowest BCUT2D eigenvalue weighted by molar-refractivity contribution is 0.714. The van der Waals surface area contributed by atoms with Crippen LogP contribution in [0.3, 0.4) is 0 Å². The van der Waals surface area contributed by atoms with Gasteiger partial charge in [-0.25, -0.2) is 4.98 Å². The SMILES string of the molecule is CCCCCc1nc(I)ns1. The molecule has 0 amide bonds. The van der Waals surface area contributed by atoms with Crippen molar-refractivity contribution in [1.29, 1.82) is 0 Å². The highest BCUT2D eigenvalue weighted by atomic mass is 127. The van der Waals surface area contributed by atoms with Crippen molar-refractivity contribution in [1.82, 2.24) is 9.36 Å². The van der Waals surface area contributed by atoms with Crippen LogP contribution in [0.4, 0.5) is 0 Å². The lowest BCUT2D eigenvalue weighted by Gasteiger charge is -1.91. The molecule has 0 aliphatic carbocycles. The average molecular weight is 282 g/mol. The van der Waals surface area contributed by atoms with Gasteiger partial charge in [0.1, 0.15) is 5.01 Å². The molecule has 0 unspecified atom stereocenters. The highest BCUT2D eigenvalue weighted by Gasteiger charge is 1.99. The molecule has 0 N–H and O–H groups in total. The van der Waals surface area contributed by atoms with Crippen molar-refractivity contribution in [3.8, 4) is 0 Å². The fraction of sp³-hybridized carbons (Fsp3) is 0.714. The summed E-state index contributed by atoms with van der Waals surface area (Å²) in [5.74, 6) is 0. The van der Waals surface area contributed by atoms with Crippen LogP contribution in [0.5, 0.6) is 0 Å². The Kier molecular flexibility index (Phi) is 4.29. The number of hydrogen-bond acceptors (Lipinski definition) is 3. The number of halogens is 1. The molecule has 1 aromatic heterocycles. The van der Waals surface area contributed by atoms with Gasteiger partial charge in [0.25, 0.3) is 0 Å². The third-order valence-electron chi connectivity index (χ3n) is 1.44. The predicted octanol–water partition coefficient (Wildman–Crippen LogP) is 2.88. The summed E-state index contributed by atoms with van der Waals surface area (Å²) in [6, 6.07) is 0. The Morgan fingerprint density at radius 3 is 2.82 bits per heavy atom. The topological polar surface area (TPSA) is 25.8 Å². The minimum Gasteiger partial charge on any atom is -0.215 e. The van der Waals surface area contributed by atoms with Crippen molar-refractivity contribution >= 4 is 34.1 Å². The largest absolute Gasteiger partial charge is 0.215 e. The Hall–Kier alpha value is 0.290. The summed E-state index contributed by atoms with van der Waals surface area (Å²) in [4.78, 5) is 4.28. The summed E-state index contributed by atoms with van der Waals surface area (Å²) in [7, 11) is 0. The first-order chi connectivity index (χ1) is 5.33. The first kappa shape index (κ1) is 9.38. The van der Waals surface area contributed by atoms with Gasteiger partial charge in [0, 0.05) is 29.0 Å². The molecule has 1 rings (SSSR count). The van der Waals surface area contributed by atoms with Crippen molar-refractivity contribution in [2.45, 2.75) is 32.6 Å². The van der Waals surface area contributed by atoms with Crippen LogP contribution in [-0.4, -0.2) is 9.36 Å². The molecule has 62 valence electrons. The van der Waals surface area contributed by atoms with Gasteiger partial charge in [-0.1, -0.05) is 19.8 Å². The van der Waals surface area contributed by atoms with E-state index < -0.39 is 0 Å². The highest BCUT2D eigenvalue weighted by molar-refractivity contribution is 14.1. The summed E-state index contributed by atoms with van der Waals surface area (Å²) in [5.41, 5.74) is 0. The van der Waals surface area contributed by atoms with E-state index in [0.29, 0.717) is 0 Å². The molecule has 1 aromatic rings. The molecule has 4 heteroatoms. The maximum Gasteiger partial charge on any atom is 0.203 e. The first-order valence-electron chi connectivity index (χ1n) is 3.81. The van der Waals surface area contributed by atoms with E-state index in [9.17, 15) is 0 Å². The fourth-order valence-electron chi connectivity index (χ4n) is 0.862. The fourth-order valence-corrected chi connectivity index (χ4v) is 2.20. The molecule has 2 nitrogen and oxygen atoms in total. The Balaban J connectivity index is 2.27. The predicted molar refractivity (Wildman–Crippen MR) is 55.9 cm³/mol. The van der Waals surface area contributed by atoms with E-state index in [1.807, 2.05) is 0 Å². The molecular formula is C7H11IN2S. The Bertz CT molecular complexity index is 212. The van der Waals surface area contributed by atoms with E-state index in [4.69, 9.17) is 0 Å². The normalized spacial score (nSPS) is 10.4. The monoisotopic (exact) mass is 282 g/mol. The number of aryl methyl sites for hydroxylation is 1. The molecule has 0 aliphatic rings. The van der Waals surface area contributed by atoms with E-state index in [1.165, 1.54) is 35.8 Å². The van der Waals surface area contributed by atoms with Crippen LogP contribution >= 0.6 is 34.1 Å². The van der Waals surface area contributed by atoms with Gasteiger partial charge in [0.05, 0.1) is 0 Å². The quantitative estimate of drug-likeness (QED) is 0.627. The summed E-state index contributed by atoms with van der Waals surface area (Å²) in [6.07, 6.45) is 4.93. The van der Waals surface area contributed by atoms with Gasteiger partial charge in [-0.3, -0.25) is 0 Å². The molecule has 0 saturated heterocycles. The van der Waals surface area contributed by atoms with Gasteiger partial charge < -0.3 is 0 Å². The van der Waals surface area contributed by atoms with Crippen LogP contribution < -0.4 is 0 Å². The minimum absolute atomic E-state index is 0.888. The first-order valence-corrected chi connectivity index (χ1v) is 5.66. The minimum atomic E-state index is 0.888. The van der Waals surface area contributed by atoms with Crippen LogP contribution in [0.2, 0.25) is 0 Å². The van der Waals surface area contributed by atoms with Gasteiger partial charge in [-0.2, -0.15) is 4.37 Å². The van der Waals surface area contributed by atoms with Crippen LogP contribution in [0.15, 0.2) is 0 Å². The lowest BCUT2D eigenvalue weighted by atomic mass is 10.2. The van der Waals surface area contributed by atoms with Crippen molar-refractivity contribution in [2.75, 3.05) is 0 Å². The number of rotatable bonds is 4. The van der Waals surface area contributed by atoms with Crippen molar-refractivity contribution in [3.63, 3.8) is 0 Å². The molecule has 0 spiro atoms. The molecule has 11 heavy (non-hydrogen) atoms. The van der Waals surface area contributed by atoms with Gasteiger partial charge >= 0.3 is 0 Å². The van der Waals surface area contributed by atoms with Crippen molar-refractivity contribution in [2.24, 2.45) is 0 Å². The molecule has 0 atom stereocenters. The van der Waals surface area contributed by atoms with E-state index in [-0.39, 0.29) is 0 Å². The van der Waals surface area contributed by atoms with Crippen LogP contribution in [0, 0.1) is 3.83 Å².